The zero-order valence-corrected chi connectivity index (χ0v) is 20.7. The normalized spacial score (nSPS) is 18.2. The maximum Gasteiger partial charge on any atom is 0.304 e. The molecule has 1 unspecified atom stereocenters. The van der Waals surface area contributed by atoms with Crippen molar-refractivity contribution in [2.45, 2.75) is 43.7 Å². The molecule has 0 saturated carbocycles. The molecule has 0 saturated heterocycles. The van der Waals surface area contributed by atoms with Gasteiger partial charge < -0.3 is 14.4 Å². The molecule has 2 atom stereocenters. The van der Waals surface area contributed by atoms with E-state index in [0.29, 0.717) is 16.9 Å². The highest BCUT2D eigenvalue weighted by atomic mass is 32.2. The molecule has 1 aliphatic rings. The molecule has 1 aromatic heterocycles. The lowest BCUT2D eigenvalue weighted by Gasteiger charge is -2.24. The molecule has 0 spiro atoms. The fourth-order valence-electron chi connectivity index (χ4n) is 4.34. The van der Waals surface area contributed by atoms with E-state index in [0.717, 1.165) is 11.1 Å². The topological polar surface area (TPSA) is 106 Å². The number of fused-ring (bicyclic) bond motifs is 1. The number of rotatable bonds is 6. The fraction of sp³-hybridized carbons (Fsp3) is 0.308. The highest BCUT2D eigenvalue weighted by Gasteiger charge is 2.33. The first-order valence-corrected chi connectivity index (χ1v) is 12.7. The third-order valence-corrected chi connectivity index (χ3v) is 8.14. The van der Waals surface area contributed by atoms with Crippen LogP contribution in [0.4, 0.5) is 0 Å². The van der Waals surface area contributed by atoms with Crippen molar-refractivity contribution in [3.05, 3.63) is 93.4 Å². The van der Waals surface area contributed by atoms with E-state index < -0.39 is 21.9 Å². The van der Waals surface area contributed by atoms with Crippen molar-refractivity contribution in [3.8, 4) is 5.75 Å². The maximum absolute atomic E-state index is 13.5. The molecule has 9 heteroatoms. The number of pyridine rings is 1. The first kappa shape index (κ1) is 24.7. The van der Waals surface area contributed by atoms with Crippen LogP contribution in [-0.2, 0) is 28.4 Å². The molecular weight excluding hydrogens is 468 g/mol. The number of aliphatic carboxylic acids is 1. The Morgan fingerprint density at radius 3 is 2.57 bits per heavy atom. The number of benzene rings is 2. The summed E-state index contributed by atoms with van der Waals surface area (Å²) in [5, 5.41) is 9.55. The lowest BCUT2D eigenvalue weighted by molar-refractivity contribution is -0.137. The number of carboxylic acid groups (broad SMARTS) is 1. The van der Waals surface area contributed by atoms with E-state index in [1.54, 1.807) is 37.5 Å². The van der Waals surface area contributed by atoms with E-state index in [1.807, 2.05) is 32.0 Å². The minimum absolute atomic E-state index is 0.111. The van der Waals surface area contributed by atoms with Crippen molar-refractivity contribution in [3.63, 3.8) is 0 Å². The van der Waals surface area contributed by atoms with Crippen LogP contribution in [0.1, 0.15) is 41.5 Å². The maximum atomic E-state index is 13.5. The molecule has 184 valence electrons. The Hall–Kier alpha value is -3.43. The van der Waals surface area contributed by atoms with Crippen molar-refractivity contribution in [1.29, 1.82) is 0 Å². The average Bonchev–Trinajstić information content (AvgIpc) is 2.89. The van der Waals surface area contributed by atoms with Crippen LogP contribution in [0.3, 0.4) is 0 Å². The quantitative estimate of drug-likeness (QED) is 0.562. The number of aromatic nitrogens is 1. The first-order chi connectivity index (χ1) is 16.6. The van der Waals surface area contributed by atoms with Gasteiger partial charge >= 0.3 is 5.97 Å². The van der Waals surface area contributed by atoms with Gasteiger partial charge in [0.1, 0.15) is 16.7 Å². The van der Waals surface area contributed by atoms with E-state index in [1.165, 1.54) is 21.0 Å². The number of nitrogens with zero attached hydrogens (tertiary/aromatic N) is 2. The van der Waals surface area contributed by atoms with E-state index in [2.05, 4.69) is 0 Å². The third-order valence-electron chi connectivity index (χ3n) is 6.29. The molecule has 2 heterocycles. The van der Waals surface area contributed by atoms with Gasteiger partial charge in [-0.15, -0.1) is 0 Å². The Morgan fingerprint density at radius 1 is 1.14 bits per heavy atom. The molecule has 1 aliphatic heterocycles. The number of carboxylic acids is 1. The smallest absolute Gasteiger partial charge is 0.304 e. The Balaban J connectivity index is 1.74. The summed E-state index contributed by atoms with van der Waals surface area (Å²) in [5.41, 5.74) is 2.72. The van der Waals surface area contributed by atoms with Crippen LogP contribution >= 0.6 is 0 Å². The predicted octanol–water partition coefficient (Wildman–Crippen LogP) is 3.27. The zero-order chi connectivity index (χ0) is 25.3. The Labute approximate surface area is 204 Å². The van der Waals surface area contributed by atoms with Gasteiger partial charge in [0.15, 0.2) is 0 Å². The zero-order valence-electron chi connectivity index (χ0n) is 19.8. The summed E-state index contributed by atoms with van der Waals surface area (Å²) < 4.78 is 35.6. The molecule has 35 heavy (non-hydrogen) atoms. The molecule has 8 nitrogen and oxygen atoms in total. The van der Waals surface area contributed by atoms with Gasteiger partial charge in [-0.2, -0.15) is 4.31 Å². The number of ether oxygens (including phenoxy) is 1. The fourth-order valence-corrected chi connectivity index (χ4v) is 5.95. The van der Waals surface area contributed by atoms with Gasteiger partial charge in [0.2, 0.25) is 10.0 Å². The monoisotopic (exact) mass is 496 g/mol. The summed E-state index contributed by atoms with van der Waals surface area (Å²) in [6.07, 6.45) is 1.07. The largest absolute Gasteiger partial charge is 0.488 e. The minimum Gasteiger partial charge on any atom is -0.488 e. The van der Waals surface area contributed by atoms with Gasteiger partial charge in [-0.25, -0.2) is 8.42 Å². The van der Waals surface area contributed by atoms with Gasteiger partial charge in [0.05, 0.1) is 13.0 Å². The van der Waals surface area contributed by atoms with E-state index in [9.17, 15) is 23.1 Å². The average molecular weight is 497 g/mol. The summed E-state index contributed by atoms with van der Waals surface area (Å²) in [5.74, 6) is -1.21. The number of para-hydroxylation sites is 1. The second-order valence-electron chi connectivity index (χ2n) is 8.92. The highest BCUT2D eigenvalue weighted by molar-refractivity contribution is 7.89. The highest BCUT2D eigenvalue weighted by Crippen LogP contribution is 2.33. The van der Waals surface area contributed by atoms with Crippen molar-refractivity contribution >= 4 is 16.0 Å². The van der Waals surface area contributed by atoms with Crippen LogP contribution in [0.5, 0.6) is 5.75 Å². The lowest BCUT2D eigenvalue weighted by Crippen LogP contribution is -2.35. The second-order valence-corrected chi connectivity index (χ2v) is 10.8. The van der Waals surface area contributed by atoms with Crippen molar-refractivity contribution < 1.29 is 23.1 Å². The molecular formula is C26H28N2O6S. The van der Waals surface area contributed by atoms with Gasteiger partial charge in [-0.05, 0) is 54.3 Å². The van der Waals surface area contributed by atoms with E-state index >= 15 is 0 Å². The molecule has 4 rings (SSSR count). The number of carbonyl (C=O) groups is 1. The van der Waals surface area contributed by atoms with Gasteiger partial charge in [-0.3, -0.25) is 9.59 Å². The molecule has 0 fully saturated rings. The van der Waals surface area contributed by atoms with Crippen LogP contribution in [0.25, 0.3) is 0 Å². The van der Waals surface area contributed by atoms with Crippen LogP contribution in [0.2, 0.25) is 0 Å². The molecule has 0 radical (unpaired) electrons. The Kier molecular flexibility index (Phi) is 6.82. The summed E-state index contributed by atoms with van der Waals surface area (Å²) in [6.45, 7) is 4.00. The second kappa shape index (κ2) is 9.67. The lowest BCUT2D eigenvalue weighted by atomic mass is 9.87. The van der Waals surface area contributed by atoms with Crippen molar-refractivity contribution in [2.75, 3.05) is 6.54 Å². The number of sulfonamides is 1. The van der Waals surface area contributed by atoms with Crippen molar-refractivity contribution in [2.24, 2.45) is 7.05 Å². The van der Waals surface area contributed by atoms with Crippen LogP contribution in [0.15, 0.2) is 70.5 Å². The standard InChI is InChI=1S/C26H28N2O6S/c1-17-8-9-19(22(14-26(30)31)20-10-11-27(3)25(29)13-20)12-21(17)16-28-15-18(2)34-23-6-4-5-7-24(23)35(28,32)33/h4-13,18,22H,14-16H2,1-3H3,(H,30,31)/t18-,22?/m1/s1. The predicted molar refractivity (Wildman–Crippen MR) is 131 cm³/mol. The van der Waals surface area contributed by atoms with Gasteiger partial charge in [-0.1, -0.05) is 30.3 Å². The number of hydrogen-bond donors (Lipinski definition) is 1. The molecule has 0 bridgehead atoms. The van der Waals surface area contributed by atoms with E-state index in [4.69, 9.17) is 4.74 Å². The summed E-state index contributed by atoms with van der Waals surface area (Å²) >= 11 is 0. The first-order valence-electron chi connectivity index (χ1n) is 11.3. The van der Waals surface area contributed by atoms with Crippen LogP contribution in [0, 0.1) is 6.92 Å². The third kappa shape index (κ3) is 5.16. The van der Waals surface area contributed by atoms with E-state index in [-0.39, 0.29) is 36.1 Å². The molecule has 1 N–H and O–H groups in total. The van der Waals surface area contributed by atoms with Gasteiger partial charge in [0, 0.05) is 31.8 Å². The summed E-state index contributed by atoms with van der Waals surface area (Å²) in [4.78, 5) is 24.0. The molecule has 0 amide bonds. The SMILES string of the molecule is Cc1ccc(C(CC(=O)O)c2ccn(C)c(=O)c2)cc1CN1C[C@@H](C)Oc2ccccc2S1(=O)=O. The summed E-state index contributed by atoms with van der Waals surface area (Å²) in [7, 11) is -2.18. The van der Waals surface area contributed by atoms with Crippen LogP contribution < -0.4 is 10.3 Å². The Bertz CT molecular complexity index is 1430. The molecule has 3 aromatic rings. The van der Waals surface area contributed by atoms with Crippen LogP contribution in [-0.4, -0.2) is 41.0 Å². The molecule has 2 aromatic carbocycles. The summed E-state index contributed by atoms with van der Waals surface area (Å²) in [6, 6.07) is 15.3. The van der Waals surface area contributed by atoms with Crippen molar-refractivity contribution in [1.82, 2.24) is 8.87 Å². The van der Waals surface area contributed by atoms with Gasteiger partial charge in [0.25, 0.3) is 5.56 Å². The number of aryl methyl sites for hydroxylation is 2. The minimum atomic E-state index is -3.81. The molecule has 0 aliphatic carbocycles. The number of hydrogen-bond acceptors (Lipinski definition) is 5. The Morgan fingerprint density at radius 2 is 1.86 bits per heavy atom.